The third-order valence-electron chi connectivity index (χ3n) is 3.09. The highest BCUT2D eigenvalue weighted by molar-refractivity contribution is 5.93. The summed E-state index contributed by atoms with van der Waals surface area (Å²) >= 11 is 0. The molecule has 0 bridgehead atoms. The van der Waals surface area contributed by atoms with Gasteiger partial charge in [-0.15, -0.1) is 0 Å². The number of pyridine rings is 1. The van der Waals surface area contributed by atoms with Crippen molar-refractivity contribution in [2.24, 2.45) is 0 Å². The molecule has 0 radical (unpaired) electrons. The lowest BCUT2D eigenvalue weighted by atomic mass is 10.1. The van der Waals surface area contributed by atoms with Crippen molar-refractivity contribution in [2.45, 2.75) is 18.9 Å². The van der Waals surface area contributed by atoms with Gasteiger partial charge in [0.1, 0.15) is 11.4 Å². The molecule has 92 valence electrons. The minimum atomic E-state index is -0.929. The van der Waals surface area contributed by atoms with Gasteiger partial charge in [-0.25, -0.2) is 9.78 Å². The standard InChI is InChI=1S/C12H16N2O3/c1-17-9-4-7-14(8-5-9)11-10(12(15)16)3-2-6-13-11/h2-3,6,9H,4-5,7-8H2,1H3,(H,15,16). The first kappa shape index (κ1) is 11.9. The molecule has 1 aromatic rings. The largest absolute Gasteiger partial charge is 0.478 e. The Labute approximate surface area is 100 Å². The van der Waals surface area contributed by atoms with Gasteiger partial charge in [0.05, 0.1) is 6.10 Å². The molecule has 0 saturated carbocycles. The van der Waals surface area contributed by atoms with E-state index in [-0.39, 0.29) is 11.7 Å². The molecule has 0 aromatic carbocycles. The van der Waals surface area contributed by atoms with Gasteiger partial charge in [-0.1, -0.05) is 0 Å². The number of rotatable bonds is 3. The quantitative estimate of drug-likeness (QED) is 0.859. The van der Waals surface area contributed by atoms with E-state index in [1.165, 1.54) is 0 Å². The van der Waals surface area contributed by atoms with Crippen LogP contribution in [-0.4, -0.2) is 42.4 Å². The molecule has 1 fully saturated rings. The van der Waals surface area contributed by atoms with Crippen molar-refractivity contribution < 1.29 is 14.6 Å². The average Bonchev–Trinajstić information content (AvgIpc) is 2.39. The van der Waals surface area contributed by atoms with E-state index in [2.05, 4.69) is 4.98 Å². The van der Waals surface area contributed by atoms with Gasteiger partial charge in [0.15, 0.2) is 0 Å². The zero-order valence-electron chi connectivity index (χ0n) is 9.80. The number of aromatic nitrogens is 1. The molecular formula is C12H16N2O3. The summed E-state index contributed by atoms with van der Waals surface area (Å²) in [4.78, 5) is 17.3. The second-order valence-electron chi connectivity index (χ2n) is 4.10. The molecule has 0 spiro atoms. The van der Waals surface area contributed by atoms with E-state index in [0.717, 1.165) is 25.9 Å². The van der Waals surface area contributed by atoms with Crippen LogP contribution < -0.4 is 4.90 Å². The molecule has 0 aliphatic carbocycles. The van der Waals surface area contributed by atoms with Gasteiger partial charge >= 0.3 is 5.97 Å². The summed E-state index contributed by atoms with van der Waals surface area (Å²) in [5.74, 6) is -0.364. The summed E-state index contributed by atoms with van der Waals surface area (Å²) in [5, 5.41) is 9.10. The van der Waals surface area contributed by atoms with Crippen molar-refractivity contribution in [1.82, 2.24) is 4.98 Å². The normalized spacial score (nSPS) is 17.1. The number of methoxy groups -OCH3 is 1. The molecule has 5 nitrogen and oxygen atoms in total. The number of carboxylic acid groups (broad SMARTS) is 1. The Morgan fingerprint density at radius 3 is 2.82 bits per heavy atom. The second-order valence-corrected chi connectivity index (χ2v) is 4.10. The van der Waals surface area contributed by atoms with Crippen LogP contribution >= 0.6 is 0 Å². The summed E-state index contributed by atoms with van der Waals surface area (Å²) in [6, 6.07) is 3.24. The maximum absolute atomic E-state index is 11.1. The predicted molar refractivity (Wildman–Crippen MR) is 63.4 cm³/mol. The number of anilines is 1. The molecule has 0 unspecified atom stereocenters. The van der Waals surface area contributed by atoms with E-state index in [4.69, 9.17) is 9.84 Å². The minimum absolute atomic E-state index is 0.267. The number of nitrogens with zero attached hydrogens (tertiary/aromatic N) is 2. The fraction of sp³-hybridized carbons (Fsp3) is 0.500. The van der Waals surface area contributed by atoms with E-state index in [0.29, 0.717) is 5.82 Å². The van der Waals surface area contributed by atoms with Crippen LogP contribution in [0.1, 0.15) is 23.2 Å². The number of hydrogen-bond donors (Lipinski definition) is 1. The van der Waals surface area contributed by atoms with Gasteiger partial charge in [-0.05, 0) is 25.0 Å². The second kappa shape index (κ2) is 5.14. The van der Waals surface area contributed by atoms with Crippen LogP contribution in [0.15, 0.2) is 18.3 Å². The van der Waals surface area contributed by atoms with Gasteiger partial charge in [0, 0.05) is 26.4 Å². The number of aromatic carboxylic acids is 1. The molecule has 0 atom stereocenters. The third-order valence-corrected chi connectivity index (χ3v) is 3.09. The number of piperidine rings is 1. The summed E-state index contributed by atoms with van der Waals surface area (Å²) < 4.78 is 5.29. The number of carbonyl (C=O) groups is 1. The van der Waals surface area contributed by atoms with Crippen LogP contribution in [0, 0.1) is 0 Å². The Balaban J connectivity index is 2.15. The summed E-state index contributed by atoms with van der Waals surface area (Å²) in [6.07, 6.45) is 3.73. The van der Waals surface area contributed by atoms with Crippen LogP contribution in [0.3, 0.4) is 0 Å². The van der Waals surface area contributed by atoms with Crippen molar-refractivity contribution in [3.63, 3.8) is 0 Å². The molecule has 5 heteroatoms. The molecule has 2 rings (SSSR count). The van der Waals surface area contributed by atoms with Gasteiger partial charge in [0.2, 0.25) is 0 Å². The van der Waals surface area contributed by atoms with E-state index in [1.54, 1.807) is 25.4 Å². The first-order chi connectivity index (χ1) is 8.22. The molecular weight excluding hydrogens is 220 g/mol. The Kier molecular flexibility index (Phi) is 3.58. The Hall–Kier alpha value is -1.62. The molecule has 1 aliphatic rings. The van der Waals surface area contributed by atoms with Crippen LogP contribution in [0.25, 0.3) is 0 Å². The topological polar surface area (TPSA) is 62.7 Å². The first-order valence-corrected chi connectivity index (χ1v) is 5.68. The SMILES string of the molecule is COC1CCN(c2ncccc2C(=O)O)CC1. The first-order valence-electron chi connectivity index (χ1n) is 5.68. The molecule has 1 saturated heterocycles. The fourth-order valence-electron chi connectivity index (χ4n) is 2.12. The number of carboxylic acids is 1. The lowest BCUT2D eigenvalue weighted by Gasteiger charge is -2.32. The number of ether oxygens (including phenoxy) is 1. The van der Waals surface area contributed by atoms with Gasteiger partial charge in [-0.2, -0.15) is 0 Å². The molecule has 17 heavy (non-hydrogen) atoms. The average molecular weight is 236 g/mol. The van der Waals surface area contributed by atoms with Crippen molar-refractivity contribution in [2.75, 3.05) is 25.1 Å². The van der Waals surface area contributed by atoms with E-state index in [1.807, 2.05) is 4.90 Å². The minimum Gasteiger partial charge on any atom is -0.478 e. The maximum Gasteiger partial charge on any atom is 0.339 e. The van der Waals surface area contributed by atoms with Crippen molar-refractivity contribution in [1.29, 1.82) is 0 Å². The zero-order valence-corrected chi connectivity index (χ0v) is 9.80. The van der Waals surface area contributed by atoms with Crippen molar-refractivity contribution >= 4 is 11.8 Å². The van der Waals surface area contributed by atoms with Crippen molar-refractivity contribution in [3.05, 3.63) is 23.9 Å². The highest BCUT2D eigenvalue weighted by atomic mass is 16.5. The fourth-order valence-corrected chi connectivity index (χ4v) is 2.12. The molecule has 2 heterocycles. The van der Waals surface area contributed by atoms with Crippen LogP contribution in [-0.2, 0) is 4.74 Å². The monoisotopic (exact) mass is 236 g/mol. The van der Waals surface area contributed by atoms with E-state index >= 15 is 0 Å². The lowest BCUT2D eigenvalue weighted by molar-refractivity contribution is 0.0696. The van der Waals surface area contributed by atoms with Crippen LogP contribution in [0.4, 0.5) is 5.82 Å². The van der Waals surface area contributed by atoms with Crippen LogP contribution in [0.2, 0.25) is 0 Å². The zero-order chi connectivity index (χ0) is 12.3. The number of hydrogen-bond acceptors (Lipinski definition) is 4. The Bertz CT molecular complexity index is 400. The van der Waals surface area contributed by atoms with E-state index in [9.17, 15) is 4.79 Å². The molecule has 1 aromatic heterocycles. The maximum atomic E-state index is 11.1. The Morgan fingerprint density at radius 2 is 2.24 bits per heavy atom. The predicted octanol–water partition coefficient (Wildman–Crippen LogP) is 1.40. The lowest BCUT2D eigenvalue weighted by Crippen LogP contribution is -2.37. The Morgan fingerprint density at radius 1 is 1.53 bits per heavy atom. The van der Waals surface area contributed by atoms with Gasteiger partial charge < -0.3 is 14.7 Å². The van der Waals surface area contributed by atoms with Crippen LogP contribution in [0.5, 0.6) is 0 Å². The highest BCUT2D eigenvalue weighted by Gasteiger charge is 2.23. The molecule has 1 aliphatic heterocycles. The molecule has 0 amide bonds. The van der Waals surface area contributed by atoms with Crippen molar-refractivity contribution in [3.8, 4) is 0 Å². The van der Waals surface area contributed by atoms with Gasteiger partial charge in [-0.3, -0.25) is 0 Å². The van der Waals surface area contributed by atoms with E-state index < -0.39 is 5.97 Å². The summed E-state index contributed by atoms with van der Waals surface area (Å²) in [6.45, 7) is 1.57. The highest BCUT2D eigenvalue weighted by Crippen LogP contribution is 2.22. The summed E-state index contributed by atoms with van der Waals surface area (Å²) in [5.41, 5.74) is 0.267. The smallest absolute Gasteiger partial charge is 0.339 e. The van der Waals surface area contributed by atoms with Gasteiger partial charge in [0.25, 0.3) is 0 Å². The third kappa shape index (κ3) is 2.55. The summed E-state index contributed by atoms with van der Waals surface area (Å²) in [7, 11) is 1.71. The molecule has 1 N–H and O–H groups in total.